The van der Waals surface area contributed by atoms with E-state index >= 15 is 0 Å². The number of halogens is 1. The number of nitrogens with one attached hydrogen (secondary N) is 2. The Morgan fingerprint density at radius 3 is 3.00 bits per heavy atom. The number of ether oxygens (including phenoxy) is 1. The summed E-state index contributed by atoms with van der Waals surface area (Å²) >= 11 is 1.87. The smallest absolute Gasteiger partial charge is 0.190 e. The van der Waals surface area contributed by atoms with E-state index in [9.17, 15) is 0 Å². The first-order chi connectivity index (χ1) is 12.8. The maximum absolute atomic E-state index is 5.37. The van der Waals surface area contributed by atoms with Crippen molar-refractivity contribution in [3.05, 3.63) is 34.0 Å². The lowest BCUT2D eigenvalue weighted by Crippen LogP contribution is -2.45. The number of likely N-dealkylation sites (tertiary alicyclic amines) is 1. The lowest BCUT2D eigenvalue weighted by molar-refractivity contribution is 0.125. The predicted octanol–water partition coefficient (Wildman–Crippen LogP) is 3.65. The number of thiophene rings is 1. The van der Waals surface area contributed by atoms with Crippen molar-refractivity contribution in [3.8, 4) is 0 Å². The van der Waals surface area contributed by atoms with Crippen molar-refractivity contribution in [2.75, 3.05) is 46.9 Å². The number of piperidine rings is 1. The number of nitrogens with zero attached hydrogens (tertiary/aromatic N) is 2. The molecule has 3 heterocycles. The summed E-state index contributed by atoms with van der Waals surface area (Å²) in [4.78, 5) is 8.39. The third kappa shape index (κ3) is 6.73. The molecule has 27 heavy (non-hydrogen) atoms. The summed E-state index contributed by atoms with van der Waals surface area (Å²) in [5, 5.41) is 9.21. The molecule has 2 atom stereocenters. The number of rotatable bonds is 6. The highest BCUT2D eigenvalue weighted by Gasteiger charge is 2.31. The highest BCUT2D eigenvalue weighted by molar-refractivity contribution is 14.0. The molecule has 3 rings (SSSR count). The molecule has 1 fully saturated rings. The van der Waals surface area contributed by atoms with Crippen LogP contribution in [0.25, 0.3) is 0 Å². The van der Waals surface area contributed by atoms with Crippen LogP contribution in [0.2, 0.25) is 0 Å². The van der Waals surface area contributed by atoms with E-state index in [-0.39, 0.29) is 24.0 Å². The van der Waals surface area contributed by atoms with Crippen LogP contribution in [0.15, 0.2) is 34.2 Å². The van der Waals surface area contributed by atoms with Crippen molar-refractivity contribution in [3.63, 3.8) is 0 Å². The molecule has 7 heteroatoms. The molecule has 1 aromatic rings. The van der Waals surface area contributed by atoms with Crippen molar-refractivity contribution >= 4 is 41.3 Å². The zero-order valence-electron chi connectivity index (χ0n) is 16.4. The molecule has 0 aromatic carbocycles. The van der Waals surface area contributed by atoms with E-state index < -0.39 is 0 Å². The predicted molar refractivity (Wildman–Crippen MR) is 125 cm³/mol. The van der Waals surface area contributed by atoms with Crippen LogP contribution in [0.4, 0.5) is 0 Å². The van der Waals surface area contributed by atoms with Crippen LogP contribution in [0.5, 0.6) is 0 Å². The molecule has 2 aliphatic heterocycles. The molecule has 0 radical (unpaired) electrons. The summed E-state index contributed by atoms with van der Waals surface area (Å²) in [7, 11) is 4.11. The average Bonchev–Trinajstić information content (AvgIpc) is 3.19. The first-order valence-corrected chi connectivity index (χ1v) is 10.6. The van der Waals surface area contributed by atoms with Crippen LogP contribution >= 0.6 is 35.3 Å². The van der Waals surface area contributed by atoms with Crippen LogP contribution in [0, 0.1) is 5.92 Å². The van der Waals surface area contributed by atoms with Gasteiger partial charge >= 0.3 is 0 Å². The molecule has 0 amide bonds. The number of hydrogen-bond acceptors (Lipinski definition) is 4. The van der Waals surface area contributed by atoms with Gasteiger partial charge < -0.3 is 15.4 Å². The van der Waals surface area contributed by atoms with E-state index in [0.29, 0.717) is 12.0 Å². The van der Waals surface area contributed by atoms with Gasteiger partial charge in [0.05, 0.1) is 13.2 Å². The summed E-state index contributed by atoms with van der Waals surface area (Å²) < 4.78 is 5.37. The molecular formula is C20H33IN4OS. The molecule has 2 aliphatic rings. The Balaban J connectivity index is 0.00000261. The molecular weight excluding hydrogens is 471 g/mol. The Morgan fingerprint density at radius 1 is 1.41 bits per heavy atom. The third-order valence-electron chi connectivity index (χ3n) is 5.39. The van der Waals surface area contributed by atoms with Gasteiger partial charge in [-0.2, -0.15) is 0 Å². The Bertz CT molecular complexity index is 605. The third-order valence-corrected chi connectivity index (χ3v) is 6.34. The van der Waals surface area contributed by atoms with E-state index in [1.807, 2.05) is 18.4 Å². The van der Waals surface area contributed by atoms with E-state index in [1.54, 1.807) is 0 Å². The summed E-state index contributed by atoms with van der Waals surface area (Å²) in [6, 6.07) is 4.96. The molecule has 2 unspecified atom stereocenters. The minimum Gasteiger partial charge on any atom is -0.377 e. The normalized spacial score (nSPS) is 24.1. The van der Waals surface area contributed by atoms with Crippen molar-refractivity contribution in [2.24, 2.45) is 10.9 Å². The van der Waals surface area contributed by atoms with E-state index in [2.05, 4.69) is 51.2 Å². The fourth-order valence-electron chi connectivity index (χ4n) is 3.96. The van der Waals surface area contributed by atoms with Gasteiger partial charge in [0.25, 0.3) is 0 Å². The summed E-state index contributed by atoms with van der Waals surface area (Å²) in [5.41, 5.74) is 1.49. The fraction of sp³-hybridized carbons (Fsp3) is 0.650. The summed E-state index contributed by atoms with van der Waals surface area (Å²) in [6.45, 7) is 4.69. The topological polar surface area (TPSA) is 48.9 Å². The van der Waals surface area contributed by atoms with Gasteiger partial charge in [-0.1, -0.05) is 17.7 Å². The van der Waals surface area contributed by atoms with Crippen molar-refractivity contribution < 1.29 is 4.74 Å². The second-order valence-corrected chi connectivity index (χ2v) is 8.14. The number of hydrogen-bond donors (Lipinski definition) is 2. The molecule has 0 bridgehead atoms. The van der Waals surface area contributed by atoms with Crippen LogP contribution < -0.4 is 10.6 Å². The summed E-state index contributed by atoms with van der Waals surface area (Å²) in [5.74, 6) is 1.53. The van der Waals surface area contributed by atoms with Crippen LogP contribution in [0.3, 0.4) is 0 Å². The van der Waals surface area contributed by atoms with Gasteiger partial charge in [-0.25, -0.2) is 0 Å². The Kier molecular flexibility index (Phi) is 10.1. The first kappa shape index (κ1) is 22.6. The van der Waals surface area contributed by atoms with Gasteiger partial charge in [-0.05, 0) is 56.6 Å². The maximum Gasteiger partial charge on any atom is 0.190 e. The van der Waals surface area contributed by atoms with Gasteiger partial charge in [-0.3, -0.25) is 9.89 Å². The van der Waals surface area contributed by atoms with Gasteiger partial charge in [0.15, 0.2) is 5.96 Å². The van der Waals surface area contributed by atoms with Gasteiger partial charge in [0, 0.05) is 31.1 Å². The second-order valence-electron chi connectivity index (χ2n) is 7.16. The highest BCUT2D eigenvalue weighted by atomic mass is 127. The lowest BCUT2D eigenvalue weighted by Gasteiger charge is -2.39. The Labute approximate surface area is 184 Å². The second kappa shape index (κ2) is 12.0. The van der Waals surface area contributed by atoms with E-state index in [1.165, 1.54) is 29.8 Å². The van der Waals surface area contributed by atoms with Crippen molar-refractivity contribution in [1.29, 1.82) is 0 Å². The highest BCUT2D eigenvalue weighted by Crippen LogP contribution is 2.36. The Morgan fingerprint density at radius 2 is 2.30 bits per heavy atom. The van der Waals surface area contributed by atoms with Gasteiger partial charge in [-0.15, -0.1) is 35.3 Å². The molecule has 5 nitrogen and oxygen atoms in total. The molecule has 1 aromatic heterocycles. The molecule has 152 valence electrons. The summed E-state index contributed by atoms with van der Waals surface area (Å²) in [6.07, 6.45) is 6.88. The molecule has 2 N–H and O–H groups in total. The zero-order chi connectivity index (χ0) is 18.2. The van der Waals surface area contributed by atoms with Crippen LogP contribution in [-0.4, -0.2) is 57.8 Å². The minimum atomic E-state index is 0. The zero-order valence-corrected chi connectivity index (χ0v) is 19.6. The average molecular weight is 504 g/mol. The van der Waals surface area contributed by atoms with Crippen molar-refractivity contribution in [2.45, 2.75) is 31.7 Å². The Hall–Kier alpha value is -0.640. The van der Waals surface area contributed by atoms with E-state index in [4.69, 9.17) is 4.74 Å². The molecule has 0 saturated carbocycles. The SMILES string of the molecule is CN=C(NCCC1=CCOCC1)NCC1CCCN(C)C1c1cccs1.I. The largest absolute Gasteiger partial charge is 0.377 e. The van der Waals surface area contributed by atoms with E-state index in [0.717, 1.165) is 45.1 Å². The van der Waals surface area contributed by atoms with Gasteiger partial charge in [0.2, 0.25) is 0 Å². The first-order valence-electron chi connectivity index (χ1n) is 9.71. The number of aliphatic imine (C=N–C) groups is 1. The van der Waals surface area contributed by atoms with Crippen molar-refractivity contribution in [1.82, 2.24) is 15.5 Å². The maximum atomic E-state index is 5.37. The van der Waals surface area contributed by atoms with Crippen LogP contribution in [-0.2, 0) is 4.74 Å². The monoisotopic (exact) mass is 504 g/mol. The molecule has 0 aliphatic carbocycles. The van der Waals surface area contributed by atoms with Gasteiger partial charge in [0.1, 0.15) is 0 Å². The molecule has 0 spiro atoms. The minimum absolute atomic E-state index is 0. The standard InChI is InChI=1S/C20H32N4OS.HI/c1-21-20(22-10-7-16-8-12-25-13-9-16)23-15-17-5-3-11-24(2)19(17)18-6-4-14-26-18;/h4,6,8,14,17,19H,3,5,7,9-13,15H2,1-2H3,(H2,21,22,23);1H. The quantitative estimate of drug-likeness (QED) is 0.269. The number of guanidine groups is 1. The molecule has 1 saturated heterocycles. The lowest BCUT2D eigenvalue weighted by atomic mass is 9.88. The fourth-order valence-corrected chi connectivity index (χ4v) is 4.95. The van der Waals surface area contributed by atoms with Crippen LogP contribution in [0.1, 0.15) is 36.6 Å².